The van der Waals surface area contributed by atoms with Crippen LogP contribution in [0.1, 0.15) is 94.2 Å². The molecule has 2 heterocycles. The molecule has 2 aliphatic heterocycles. The zero-order valence-electron chi connectivity index (χ0n) is 25.5. The summed E-state index contributed by atoms with van der Waals surface area (Å²) in [4.78, 5) is 17.4. The molecule has 3 unspecified atom stereocenters. The van der Waals surface area contributed by atoms with Crippen LogP contribution in [0, 0.1) is 34.9 Å². The number of rotatable bonds is 10. The van der Waals surface area contributed by atoms with Gasteiger partial charge in [-0.05, 0) is 110 Å². The molecule has 0 aromatic heterocycles. The van der Waals surface area contributed by atoms with Crippen LogP contribution < -0.4 is 0 Å². The summed E-state index contributed by atoms with van der Waals surface area (Å²) in [5, 5.41) is 19.4. The Bertz CT molecular complexity index is 1220. The molecule has 1 saturated carbocycles. The number of hydrogen-bond acceptors (Lipinski definition) is 4. The summed E-state index contributed by atoms with van der Waals surface area (Å²) in [6.45, 7) is 9.16. The SMILES string of the molecule is CC(C)(CCC1CCN(CC2CN(C(C(=O)O)C3CCCCC3)CC2c2cccc(F)c2)CC1)c1ccc(C#N)cc1. The maximum absolute atomic E-state index is 14.3. The van der Waals surface area contributed by atoms with Gasteiger partial charge < -0.3 is 10.0 Å². The average molecular weight is 574 g/mol. The number of carbonyl (C=O) groups is 1. The number of aliphatic carboxylic acids is 1. The van der Waals surface area contributed by atoms with Crippen LogP contribution in [0.3, 0.4) is 0 Å². The maximum atomic E-state index is 14.3. The van der Waals surface area contributed by atoms with E-state index < -0.39 is 12.0 Å². The minimum atomic E-state index is -0.690. The summed E-state index contributed by atoms with van der Waals surface area (Å²) in [5.74, 6) is 0.469. The van der Waals surface area contributed by atoms with Crippen LogP contribution in [-0.4, -0.2) is 59.6 Å². The average Bonchev–Trinajstić information content (AvgIpc) is 3.40. The van der Waals surface area contributed by atoms with Crippen LogP contribution >= 0.6 is 0 Å². The molecule has 2 aromatic carbocycles. The molecule has 0 spiro atoms. The first-order valence-corrected chi connectivity index (χ1v) is 16.2. The number of likely N-dealkylation sites (tertiary alicyclic amines) is 2. The van der Waals surface area contributed by atoms with E-state index in [-0.39, 0.29) is 23.1 Å². The molecule has 5 rings (SSSR count). The molecule has 2 aromatic rings. The molecule has 1 aliphatic carbocycles. The van der Waals surface area contributed by atoms with Gasteiger partial charge in [0.25, 0.3) is 0 Å². The molecule has 0 bridgehead atoms. The van der Waals surface area contributed by atoms with E-state index in [4.69, 9.17) is 5.26 Å². The molecule has 5 nitrogen and oxygen atoms in total. The highest BCUT2D eigenvalue weighted by molar-refractivity contribution is 5.74. The fraction of sp³-hybridized carbons (Fsp3) is 0.611. The highest BCUT2D eigenvalue weighted by Gasteiger charge is 2.43. The molecule has 3 fully saturated rings. The summed E-state index contributed by atoms with van der Waals surface area (Å²) in [7, 11) is 0. The standard InChI is InChI=1S/C36H48FN3O2/c1-36(2,31-13-11-27(22-38)12-14-31)18-15-26-16-19-39(20-17-26)23-30-24-40(25-33(30)29-9-6-10-32(37)21-29)34(35(41)42)28-7-4-3-5-8-28/h6,9-14,21,26,28,30,33-34H,3-5,7-8,15-20,23-25H2,1-2H3,(H,41,42). The lowest BCUT2D eigenvalue weighted by Gasteiger charge is -2.36. The van der Waals surface area contributed by atoms with E-state index in [1.54, 1.807) is 12.1 Å². The first kappa shape index (κ1) is 30.7. The lowest BCUT2D eigenvalue weighted by Crippen LogP contribution is -2.46. The van der Waals surface area contributed by atoms with Crippen molar-refractivity contribution in [3.8, 4) is 6.07 Å². The molecule has 226 valence electrons. The molecule has 1 N–H and O–H groups in total. The van der Waals surface area contributed by atoms with E-state index >= 15 is 0 Å². The lowest BCUT2D eigenvalue weighted by molar-refractivity contribution is -0.145. The number of carboxylic acids is 1. The highest BCUT2D eigenvalue weighted by Crippen LogP contribution is 2.39. The fourth-order valence-corrected chi connectivity index (χ4v) is 8.03. The van der Waals surface area contributed by atoms with Gasteiger partial charge in [-0.3, -0.25) is 9.69 Å². The summed E-state index contributed by atoms with van der Waals surface area (Å²) in [6, 6.07) is 16.8. The topological polar surface area (TPSA) is 67.6 Å². The van der Waals surface area contributed by atoms with Crippen molar-refractivity contribution in [1.82, 2.24) is 9.80 Å². The Morgan fingerprint density at radius 3 is 2.40 bits per heavy atom. The number of nitriles is 1. The largest absolute Gasteiger partial charge is 0.480 e. The van der Waals surface area contributed by atoms with Crippen molar-refractivity contribution in [1.29, 1.82) is 5.26 Å². The van der Waals surface area contributed by atoms with Gasteiger partial charge in [0.05, 0.1) is 11.6 Å². The second kappa shape index (κ2) is 13.7. The normalized spacial score (nSPS) is 24.0. The third-order valence-electron chi connectivity index (χ3n) is 10.7. The third-order valence-corrected chi connectivity index (χ3v) is 10.7. The molecule has 3 atom stereocenters. The predicted octanol–water partition coefficient (Wildman–Crippen LogP) is 7.22. The van der Waals surface area contributed by atoms with Gasteiger partial charge in [0.1, 0.15) is 11.9 Å². The van der Waals surface area contributed by atoms with Gasteiger partial charge in [0.15, 0.2) is 0 Å². The number of hydrogen-bond donors (Lipinski definition) is 1. The van der Waals surface area contributed by atoms with Crippen molar-refractivity contribution < 1.29 is 14.3 Å². The number of halogens is 1. The van der Waals surface area contributed by atoms with Gasteiger partial charge in [0, 0.05) is 25.6 Å². The first-order valence-electron chi connectivity index (χ1n) is 16.2. The van der Waals surface area contributed by atoms with Gasteiger partial charge in [-0.1, -0.05) is 57.4 Å². The Labute approximate surface area is 251 Å². The number of benzene rings is 2. The molecule has 3 aliphatic rings. The van der Waals surface area contributed by atoms with Crippen LogP contribution in [0.5, 0.6) is 0 Å². The molecule has 6 heteroatoms. The first-order chi connectivity index (χ1) is 20.2. The summed E-state index contributed by atoms with van der Waals surface area (Å²) in [5.41, 5.74) is 3.09. The Kier molecular flexibility index (Phi) is 10.0. The van der Waals surface area contributed by atoms with E-state index in [2.05, 4.69) is 41.8 Å². The third kappa shape index (κ3) is 7.41. The van der Waals surface area contributed by atoms with Crippen LogP contribution in [0.25, 0.3) is 0 Å². The van der Waals surface area contributed by atoms with Gasteiger partial charge in [0.2, 0.25) is 0 Å². The molecular formula is C36H48FN3O2. The number of nitrogens with zero attached hydrogens (tertiary/aromatic N) is 3. The van der Waals surface area contributed by atoms with Gasteiger partial charge in [-0.2, -0.15) is 5.26 Å². The van der Waals surface area contributed by atoms with Gasteiger partial charge >= 0.3 is 5.97 Å². The second-order valence-electron chi connectivity index (χ2n) is 13.9. The van der Waals surface area contributed by atoms with Gasteiger partial charge in [-0.15, -0.1) is 0 Å². The van der Waals surface area contributed by atoms with Crippen molar-refractivity contribution in [2.75, 3.05) is 32.7 Å². The number of piperidine rings is 1. The Morgan fingerprint density at radius 1 is 1.05 bits per heavy atom. The van der Waals surface area contributed by atoms with E-state index in [0.29, 0.717) is 23.9 Å². The van der Waals surface area contributed by atoms with E-state index in [9.17, 15) is 14.3 Å². The molecule has 0 radical (unpaired) electrons. The van der Waals surface area contributed by atoms with Crippen LogP contribution in [0.15, 0.2) is 48.5 Å². The smallest absolute Gasteiger partial charge is 0.321 e. The Hall–Kier alpha value is -2.75. The zero-order valence-corrected chi connectivity index (χ0v) is 25.5. The Balaban J connectivity index is 1.20. The quantitative estimate of drug-likeness (QED) is 0.325. The summed E-state index contributed by atoms with van der Waals surface area (Å²) in [6.07, 6.45) is 10.1. The lowest BCUT2D eigenvalue weighted by atomic mass is 9.77. The molecular weight excluding hydrogens is 525 g/mol. The summed E-state index contributed by atoms with van der Waals surface area (Å²) < 4.78 is 14.3. The van der Waals surface area contributed by atoms with Crippen molar-refractivity contribution >= 4 is 5.97 Å². The van der Waals surface area contributed by atoms with E-state index in [1.165, 1.54) is 37.3 Å². The van der Waals surface area contributed by atoms with E-state index in [0.717, 1.165) is 63.8 Å². The second-order valence-corrected chi connectivity index (χ2v) is 13.9. The van der Waals surface area contributed by atoms with Crippen molar-refractivity contribution in [2.24, 2.45) is 17.8 Å². The van der Waals surface area contributed by atoms with Crippen LogP contribution in [0.2, 0.25) is 0 Å². The molecule has 2 saturated heterocycles. The van der Waals surface area contributed by atoms with E-state index in [1.807, 2.05) is 18.2 Å². The zero-order chi connectivity index (χ0) is 29.7. The molecule has 42 heavy (non-hydrogen) atoms. The molecule has 0 amide bonds. The number of carboxylic acid groups (broad SMARTS) is 1. The summed E-state index contributed by atoms with van der Waals surface area (Å²) >= 11 is 0. The van der Waals surface area contributed by atoms with Crippen LogP contribution in [0.4, 0.5) is 4.39 Å². The predicted molar refractivity (Wildman–Crippen MR) is 165 cm³/mol. The monoisotopic (exact) mass is 573 g/mol. The Morgan fingerprint density at radius 2 is 1.76 bits per heavy atom. The van der Waals surface area contributed by atoms with Gasteiger partial charge in [-0.25, -0.2) is 4.39 Å². The van der Waals surface area contributed by atoms with Crippen molar-refractivity contribution in [2.45, 2.75) is 89.0 Å². The highest BCUT2D eigenvalue weighted by atomic mass is 19.1. The van der Waals surface area contributed by atoms with Crippen LogP contribution in [-0.2, 0) is 10.2 Å². The fourth-order valence-electron chi connectivity index (χ4n) is 8.03. The minimum absolute atomic E-state index is 0.0790. The van der Waals surface area contributed by atoms with Crippen molar-refractivity contribution in [3.05, 3.63) is 71.0 Å². The minimum Gasteiger partial charge on any atom is -0.480 e. The van der Waals surface area contributed by atoms with Crippen molar-refractivity contribution in [3.63, 3.8) is 0 Å². The maximum Gasteiger partial charge on any atom is 0.321 e.